The lowest BCUT2D eigenvalue weighted by Gasteiger charge is -2.07. The van der Waals surface area contributed by atoms with E-state index in [9.17, 15) is 9.18 Å². The predicted molar refractivity (Wildman–Crippen MR) is 75.5 cm³/mol. The van der Waals surface area contributed by atoms with Crippen molar-refractivity contribution in [3.05, 3.63) is 69.0 Å². The van der Waals surface area contributed by atoms with Gasteiger partial charge in [-0.1, -0.05) is 23.7 Å². The Kier molecular flexibility index (Phi) is 3.72. The Bertz CT molecular complexity index is 639. The van der Waals surface area contributed by atoms with Crippen LogP contribution in [0.4, 0.5) is 4.39 Å². The summed E-state index contributed by atoms with van der Waals surface area (Å²) in [5.74, 6) is -0.411. The van der Waals surface area contributed by atoms with Crippen molar-refractivity contribution in [1.29, 1.82) is 0 Å². The Morgan fingerprint density at radius 2 is 1.53 bits per heavy atom. The fraction of sp³-hybridized carbons (Fsp3) is 0.188. The highest BCUT2D eigenvalue weighted by Gasteiger charge is 2.13. The van der Waals surface area contributed by atoms with E-state index in [1.54, 1.807) is 44.2 Å². The summed E-state index contributed by atoms with van der Waals surface area (Å²) in [6.45, 7) is 5.19. The molecule has 98 valence electrons. The summed E-state index contributed by atoms with van der Waals surface area (Å²) in [4.78, 5) is 12.3. The maximum Gasteiger partial charge on any atom is 0.193 e. The smallest absolute Gasteiger partial charge is 0.193 e. The molecule has 2 aromatic rings. The van der Waals surface area contributed by atoms with Crippen molar-refractivity contribution in [1.82, 2.24) is 0 Å². The van der Waals surface area contributed by atoms with Crippen LogP contribution in [0.15, 0.2) is 30.3 Å². The molecule has 1 nitrogen and oxygen atoms in total. The highest BCUT2D eigenvalue weighted by atomic mass is 35.5. The molecule has 0 unspecified atom stereocenters. The van der Waals surface area contributed by atoms with Gasteiger partial charge in [0, 0.05) is 16.1 Å². The van der Waals surface area contributed by atoms with E-state index in [1.165, 1.54) is 0 Å². The Morgan fingerprint density at radius 3 is 2.05 bits per heavy atom. The third-order valence-electron chi connectivity index (χ3n) is 3.13. The van der Waals surface area contributed by atoms with Crippen LogP contribution < -0.4 is 0 Å². The number of rotatable bonds is 2. The number of hydrogen-bond acceptors (Lipinski definition) is 1. The number of carbonyl (C=O) groups excluding carboxylic acids is 1. The number of halogens is 2. The van der Waals surface area contributed by atoms with Gasteiger partial charge in [0.15, 0.2) is 5.78 Å². The summed E-state index contributed by atoms with van der Waals surface area (Å²) in [7, 11) is 0. The van der Waals surface area contributed by atoms with Crippen LogP contribution in [0.2, 0.25) is 5.02 Å². The van der Waals surface area contributed by atoms with Crippen molar-refractivity contribution in [2.45, 2.75) is 20.8 Å². The van der Waals surface area contributed by atoms with E-state index >= 15 is 0 Å². The maximum absolute atomic E-state index is 13.6. The van der Waals surface area contributed by atoms with E-state index in [4.69, 9.17) is 11.6 Å². The molecule has 0 aliphatic carbocycles. The molecule has 0 heterocycles. The van der Waals surface area contributed by atoms with Crippen molar-refractivity contribution < 1.29 is 9.18 Å². The zero-order valence-corrected chi connectivity index (χ0v) is 11.8. The molecular formula is C16H14ClFO. The maximum atomic E-state index is 13.6. The molecule has 0 bridgehead atoms. The van der Waals surface area contributed by atoms with Crippen molar-refractivity contribution in [2.24, 2.45) is 0 Å². The van der Waals surface area contributed by atoms with Gasteiger partial charge in [-0.15, -0.1) is 0 Å². The largest absolute Gasteiger partial charge is 0.289 e. The summed E-state index contributed by atoms with van der Waals surface area (Å²) < 4.78 is 13.6. The standard InChI is InChI=1S/C16H14ClFO/c1-9-4-5-12(8-14(9)17)16(19)13-6-10(2)15(18)11(3)7-13/h4-8H,1-3H3. The Morgan fingerprint density at radius 1 is 0.947 bits per heavy atom. The molecule has 2 rings (SSSR count). The lowest BCUT2D eigenvalue weighted by atomic mass is 9.98. The molecule has 0 saturated carbocycles. The molecule has 0 radical (unpaired) electrons. The van der Waals surface area contributed by atoms with Crippen LogP contribution in [-0.4, -0.2) is 5.78 Å². The molecule has 0 spiro atoms. The highest BCUT2D eigenvalue weighted by Crippen LogP contribution is 2.21. The number of hydrogen-bond donors (Lipinski definition) is 0. The first-order valence-electron chi connectivity index (χ1n) is 5.97. The van der Waals surface area contributed by atoms with E-state index in [0.717, 1.165) is 5.56 Å². The van der Waals surface area contributed by atoms with Crippen LogP contribution in [0, 0.1) is 26.6 Å². The van der Waals surface area contributed by atoms with Crippen molar-refractivity contribution in [3.63, 3.8) is 0 Å². The summed E-state index contributed by atoms with van der Waals surface area (Å²) in [6, 6.07) is 8.32. The second-order valence-electron chi connectivity index (χ2n) is 4.72. The second-order valence-corrected chi connectivity index (χ2v) is 5.12. The molecule has 0 fully saturated rings. The van der Waals surface area contributed by atoms with Crippen LogP contribution in [0.3, 0.4) is 0 Å². The van der Waals surface area contributed by atoms with Crippen LogP contribution in [0.25, 0.3) is 0 Å². The normalized spacial score (nSPS) is 10.6. The number of benzene rings is 2. The van der Waals surface area contributed by atoms with Crippen LogP contribution >= 0.6 is 11.6 Å². The monoisotopic (exact) mass is 276 g/mol. The Balaban J connectivity index is 2.47. The predicted octanol–water partition coefficient (Wildman–Crippen LogP) is 4.64. The molecule has 0 aliphatic rings. The summed E-state index contributed by atoms with van der Waals surface area (Å²) in [5, 5.41) is 0.557. The van der Waals surface area contributed by atoms with E-state index in [0.29, 0.717) is 27.3 Å². The SMILES string of the molecule is Cc1ccc(C(=O)c2cc(C)c(F)c(C)c2)cc1Cl. The quantitative estimate of drug-likeness (QED) is 0.731. The minimum absolute atomic E-state index is 0.145. The zero-order chi connectivity index (χ0) is 14.2. The van der Waals surface area contributed by atoms with Gasteiger partial charge in [-0.2, -0.15) is 0 Å². The molecule has 0 aliphatic heterocycles. The van der Waals surface area contributed by atoms with Gasteiger partial charge in [0.25, 0.3) is 0 Å². The number of ketones is 1. The fourth-order valence-corrected chi connectivity index (χ4v) is 2.16. The highest BCUT2D eigenvalue weighted by molar-refractivity contribution is 6.31. The average molecular weight is 277 g/mol. The van der Waals surface area contributed by atoms with E-state index in [2.05, 4.69) is 0 Å². The van der Waals surface area contributed by atoms with Crippen LogP contribution in [0.1, 0.15) is 32.6 Å². The van der Waals surface area contributed by atoms with Gasteiger partial charge in [0.2, 0.25) is 0 Å². The van der Waals surface area contributed by atoms with E-state index in [1.807, 2.05) is 6.92 Å². The first kappa shape index (κ1) is 13.8. The molecular weight excluding hydrogens is 263 g/mol. The molecule has 19 heavy (non-hydrogen) atoms. The van der Waals surface area contributed by atoms with Crippen LogP contribution in [-0.2, 0) is 0 Å². The van der Waals surface area contributed by atoms with Gasteiger partial charge < -0.3 is 0 Å². The molecule has 0 amide bonds. The van der Waals surface area contributed by atoms with Gasteiger partial charge in [-0.3, -0.25) is 4.79 Å². The summed E-state index contributed by atoms with van der Waals surface area (Å²) >= 11 is 6.02. The van der Waals surface area contributed by atoms with Gasteiger partial charge in [-0.25, -0.2) is 4.39 Å². The van der Waals surface area contributed by atoms with Gasteiger partial charge in [0.1, 0.15) is 5.82 Å². The molecule has 3 heteroatoms. The van der Waals surface area contributed by atoms with E-state index < -0.39 is 0 Å². The van der Waals surface area contributed by atoms with Crippen molar-refractivity contribution >= 4 is 17.4 Å². The third kappa shape index (κ3) is 2.69. The first-order valence-corrected chi connectivity index (χ1v) is 6.35. The van der Waals surface area contributed by atoms with E-state index in [-0.39, 0.29) is 11.6 Å². The Hall–Kier alpha value is -1.67. The molecule has 0 atom stereocenters. The fourth-order valence-electron chi connectivity index (χ4n) is 1.98. The molecule has 0 N–H and O–H groups in total. The van der Waals surface area contributed by atoms with Gasteiger partial charge in [-0.05, 0) is 55.7 Å². The molecule has 2 aromatic carbocycles. The lowest BCUT2D eigenvalue weighted by Crippen LogP contribution is -2.04. The van der Waals surface area contributed by atoms with Crippen molar-refractivity contribution in [2.75, 3.05) is 0 Å². The third-order valence-corrected chi connectivity index (χ3v) is 3.54. The number of aryl methyl sites for hydroxylation is 3. The second kappa shape index (κ2) is 5.14. The summed E-state index contributed by atoms with van der Waals surface area (Å²) in [5.41, 5.74) is 2.87. The number of carbonyl (C=O) groups is 1. The topological polar surface area (TPSA) is 17.1 Å². The first-order chi connectivity index (χ1) is 8.90. The van der Waals surface area contributed by atoms with Gasteiger partial charge in [0.05, 0.1) is 0 Å². The molecule has 0 aromatic heterocycles. The minimum atomic E-state index is -0.265. The van der Waals surface area contributed by atoms with Crippen molar-refractivity contribution in [3.8, 4) is 0 Å². The lowest BCUT2D eigenvalue weighted by molar-refractivity contribution is 0.103. The average Bonchev–Trinajstić information content (AvgIpc) is 2.37. The molecule has 0 saturated heterocycles. The van der Waals surface area contributed by atoms with Gasteiger partial charge >= 0.3 is 0 Å². The van der Waals surface area contributed by atoms with Crippen LogP contribution in [0.5, 0.6) is 0 Å². The summed E-state index contributed by atoms with van der Waals surface area (Å²) in [6.07, 6.45) is 0. The Labute approximate surface area is 117 Å². The zero-order valence-electron chi connectivity index (χ0n) is 11.1. The minimum Gasteiger partial charge on any atom is -0.289 e.